The topological polar surface area (TPSA) is 83.3 Å². The minimum Gasteiger partial charge on any atom is -0.450 e. The lowest BCUT2D eigenvalue weighted by Crippen LogP contribution is -2.49. The van der Waals surface area contributed by atoms with Crippen LogP contribution in [0, 0.1) is 6.92 Å². The monoisotopic (exact) mass is 386 g/mol. The highest BCUT2D eigenvalue weighted by Crippen LogP contribution is 2.12. The number of hydrogen-bond acceptors (Lipinski definition) is 4. The van der Waals surface area contributed by atoms with Gasteiger partial charge in [0, 0.05) is 37.6 Å². The van der Waals surface area contributed by atoms with Crippen molar-refractivity contribution in [3.8, 4) is 0 Å². The third-order valence-electron chi connectivity index (χ3n) is 4.85. The van der Waals surface area contributed by atoms with E-state index in [2.05, 4.69) is 39.9 Å². The first-order valence-corrected chi connectivity index (χ1v) is 10.0. The molecule has 152 valence electrons. The van der Waals surface area contributed by atoms with Crippen molar-refractivity contribution in [1.29, 1.82) is 0 Å². The van der Waals surface area contributed by atoms with Gasteiger partial charge in [-0.05, 0) is 45.7 Å². The number of piperidine rings is 1. The molecule has 28 heavy (non-hydrogen) atoms. The molecule has 0 spiro atoms. The number of aliphatic imine (C=N–C) groups is 1. The molecule has 0 bridgehead atoms. The molecule has 8 heteroatoms. The summed E-state index contributed by atoms with van der Waals surface area (Å²) >= 11 is 0. The van der Waals surface area contributed by atoms with Crippen LogP contribution in [0.15, 0.2) is 29.4 Å². The first-order chi connectivity index (χ1) is 13.6. The van der Waals surface area contributed by atoms with Crippen LogP contribution >= 0.6 is 0 Å². The number of guanidine groups is 1. The molecular weight excluding hydrogens is 356 g/mol. The lowest BCUT2D eigenvalue weighted by Gasteiger charge is -2.32. The van der Waals surface area contributed by atoms with Crippen molar-refractivity contribution < 1.29 is 9.53 Å². The van der Waals surface area contributed by atoms with Gasteiger partial charge < -0.3 is 24.7 Å². The van der Waals surface area contributed by atoms with Gasteiger partial charge in [0.05, 0.1) is 18.8 Å². The maximum Gasteiger partial charge on any atom is 0.409 e. The Balaban J connectivity index is 1.58. The van der Waals surface area contributed by atoms with E-state index in [1.807, 2.05) is 25.3 Å². The summed E-state index contributed by atoms with van der Waals surface area (Å²) in [6.45, 7) is 9.05. The number of ether oxygens (including phenoxy) is 1. The second-order valence-electron chi connectivity index (χ2n) is 6.93. The summed E-state index contributed by atoms with van der Waals surface area (Å²) in [6, 6.07) is 6.36. The van der Waals surface area contributed by atoms with Gasteiger partial charge in [0.15, 0.2) is 5.96 Å². The SMILES string of the molecule is CCNC(=NCc1cn2c(C)cccc2n1)NC1CCN(C(=O)OCC)CC1. The number of imidazole rings is 1. The highest BCUT2D eigenvalue weighted by atomic mass is 16.6. The molecule has 2 N–H and O–H groups in total. The Morgan fingerprint density at radius 2 is 2.11 bits per heavy atom. The number of amides is 1. The molecular formula is C20H30N6O2. The molecule has 2 aromatic rings. The zero-order valence-electron chi connectivity index (χ0n) is 16.9. The third-order valence-corrected chi connectivity index (χ3v) is 4.85. The molecule has 0 saturated carbocycles. The van der Waals surface area contributed by atoms with Crippen molar-refractivity contribution in [3.63, 3.8) is 0 Å². The summed E-state index contributed by atoms with van der Waals surface area (Å²) < 4.78 is 7.16. The predicted molar refractivity (Wildman–Crippen MR) is 109 cm³/mol. The van der Waals surface area contributed by atoms with Gasteiger partial charge in [-0.1, -0.05) is 6.07 Å². The van der Waals surface area contributed by atoms with Crippen LogP contribution in [0.1, 0.15) is 38.1 Å². The van der Waals surface area contributed by atoms with Gasteiger partial charge in [0.2, 0.25) is 0 Å². The highest BCUT2D eigenvalue weighted by Gasteiger charge is 2.24. The first kappa shape index (κ1) is 20.0. The number of rotatable bonds is 5. The van der Waals surface area contributed by atoms with Gasteiger partial charge in [-0.15, -0.1) is 0 Å². The van der Waals surface area contributed by atoms with Crippen LogP contribution in [0.3, 0.4) is 0 Å². The van der Waals surface area contributed by atoms with E-state index >= 15 is 0 Å². The van der Waals surface area contributed by atoms with Crippen molar-refractivity contribution >= 4 is 17.7 Å². The summed E-state index contributed by atoms with van der Waals surface area (Å²) in [6.07, 6.45) is 3.56. The quantitative estimate of drug-likeness (QED) is 0.609. The summed E-state index contributed by atoms with van der Waals surface area (Å²) in [5.74, 6) is 0.783. The zero-order valence-corrected chi connectivity index (χ0v) is 16.9. The summed E-state index contributed by atoms with van der Waals surface area (Å²) in [4.78, 5) is 22.9. The zero-order chi connectivity index (χ0) is 19.9. The van der Waals surface area contributed by atoms with Gasteiger partial charge in [0.25, 0.3) is 0 Å². The van der Waals surface area contributed by atoms with E-state index in [4.69, 9.17) is 9.73 Å². The van der Waals surface area contributed by atoms with E-state index in [-0.39, 0.29) is 12.1 Å². The fourth-order valence-corrected chi connectivity index (χ4v) is 3.37. The number of pyridine rings is 1. The van der Waals surface area contributed by atoms with E-state index < -0.39 is 0 Å². The molecule has 1 amide bonds. The molecule has 2 aromatic heterocycles. The number of carbonyl (C=O) groups is 1. The Hall–Kier alpha value is -2.77. The molecule has 1 saturated heterocycles. The maximum atomic E-state index is 11.8. The minimum atomic E-state index is -0.219. The molecule has 0 aliphatic carbocycles. The van der Waals surface area contributed by atoms with Gasteiger partial charge in [-0.25, -0.2) is 14.8 Å². The van der Waals surface area contributed by atoms with E-state index in [1.54, 1.807) is 4.90 Å². The summed E-state index contributed by atoms with van der Waals surface area (Å²) in [7, 11) is 0. The van der Waals surface area contributed by atoms with Gasteiger partial charge in [0.1, 0.15) is 5.65 Å². The van der Waals surface area contributed by atoms with Gasteiger partial charge >= 0.3 is 6.09 Å². The maximum absolute atomic E-state index is 11.8. The normalized spacial score (nSPS) is 15.7. The van der Waals surface area contributed by atoms with Crippen LogP contribution in [0.25, 0.3) is 5.65 Å². The average Bonchev–Trinajstić information content (AvgIpc) is 3.12. The van der Waals surface area contributed by atoms with E-state index in [0.717, 1.165) is 42.4 Å². The van der Waals surface area contributed by atoms with Crippen LogP contribution in [0.2, 0.25) is 0 Å². The van der Waals surface area contributed by atoms with E-state index in [1.165, 1.54) is 0 Å². The number of nitrogens with one attached hydrogen (secondary N) is 2. The Morgan fingerprint density at radius 1 is 1.32 bits per heavy atom. The number of carbonyl (C=O) groups excluding carboxylic acids is 1. The second kappa shape index (κ2) is 9.43. The lowest BCUT2D eigenvalue weighted by atomic mass is 10.1. The smallest absolute Gasteiger partial charge is 0.409 e. The number of aromatic nitrogens is 2. The van der Waals surface area contributed by atoms with Gasteiger partial charge in [-0.2, -0.15) is 0 Å². The second-order valence-corrected chi connectivity index (χ2v) is 6.93. The molecule has 0 radical (unpaired) electrons. The molecule has 3 rings (SSSR count). The molecule has 1 aliphatic rings. The van der Waals surface area contributed by atoms with Gasteiger partial charge in [-0.3, -0.25) is 0 Å². The largest absolute Gasteiger partial charge is 0.450 e. The number of nitrogens with zero attached hydrogens (tertiary/aromatic N) is 4. The molecule has 3 heterocycles. The predicted octanol–water partition coefficient (Wildman–Crippen LogP) is 2.32. The van der Waals surface area contributed by atoms with Crippen molar-refractivity contribution in [2.45, 2.75) is 46.2 Å². The fraction of sp³-hybridized carbons (Fsp3) is 0.550. The summed E-state index contributed by atoms with van der Waals surface area (Å²) in [5, 5.41) is 6.79. The van der Waals surface area contributed by atoms with Crippen molar-refractivity contribution in [2.24, 2.45) is 4.99 Å². The van der Waals surface area contributed by atoms with E-state index in [0.29, 0.717) is 26.2 Å². The van der Waals surface area contributed by atoms with Crippen molar-refractivity contribution in [2.75, 3.05) is 26.2 Å². The highest BCUT2D eigenvalue weighted by molar-refractivity contribution is 5.80. The Morgan fingerprint density at radius 3 is 2.79 bits per heavy atom. The number of aryl methyl sites for hydroxylation is 1. The average molecular weight is 387 g/mol. The van der Waals surface area contributed by atoms with Crippen LogP contribution in [0.5, 0.6) is 0 Å². The minimum absolute atomic E-state index is 0.219. The standard InChI is InChI=1S/C20H30N6O2/c1-4-21-19(24-16-9-11-25(12-10-16)20(27)28-5-2)22-13-17-14-26-15(3)7-6-8-18(26)23-17/h6-8,14,16H,4-5,9-13H2,1-3H3,(H2,21,22,24). The Kier molecular flexibility index (Phi) is 6.73. The first-order valence-electron chi connectivity index (χ1n) is 10.0. The molecule has 0 unspecified atom stereocenters. The number of fused-ring (bicyclic) bond motifs is 1. The van der Waals surface area contributed by atoms with Crippen LogP contribution in [-0.2, 0) is 11.3 Å². The Bertz CT molecular complexity index is 823. The molecule has 0 atom stereocenters. The van der Waals surface area contributed by atoms with Crippen LogP contribution < -0.4 is 10.6 Å². The molecule has 1 aliphatic heterocycles. The van der Waals surface area contributed by atoms with Crippen molar-refractivity contribution in [3.05, 3.63) is 35.8 Å². The number of likely N-dealkylation sites (tertiary alicyclic amines) is 1. The molecule has 1 fully saturated rings. The lowest BCUT2D eigenvalue weighted by molar-refractivity contribution is 0.0963. The molecule has 0 aromatic carbocycles. The summed E-state index contributed by atoms with van der Waals surface area (Å²) in [5.41, 5.74) is 3.02. The van der Waals surface area contributed by atoms with Crippen LogP contribution in [-0.4, -0.2) is 58.6 Å². The third kappa shape index (κ3) is 4.94. The molecule has 8 nitrogen and oxygen atoms in total. The van der Waals surface area contributed by atoms with Crippen molar-refractivity contribution in [1.82, 2.24) is 24.9 Å². The van der Waals surface area contributed by atoms with E-state index in [9.17, 15) is 4.79 Å². The number of hydrogen-bond donors (Lipinski definition) is 2. The Labute approximate surface area is 166 Å². The van der Waals surface area contributed by atoms with Crippen LogP contribution in [0.4, 0.5) is 4.79 Å². The fourth-order valence-electron chi connectivity index (χ4n) is 3.37.